The van der Waals surface area contributed by atoms with Crippen molar-refractivity contribution in [2.45, 2.75) is 58.3 Å². The number of hydrogen-bond donors (Lipinski definition) is 0. The smallest absolute Gasteiger partial charge is 0.131 e. The van der Waals surface area contributed by atoms with Gasteiger partial charge < -0.3 is 4.74 Å². The molecule has 0 spiro atoms. The molecule has 0 aliphatic carbocycles. The van der Waals surface area contributed by atoms with E-state index in [4.69, 9.17) is 4.74 Å². The van der Waals surface area contributed by atoms with Crippen LogP contribution in [0.15, 0.2) is 78.6 Å². The zero-order chi connectivity index (χ0) is 22.3. The van der Waals surface area contributed by atoms with E-state index in [-0.39, 0.29) is 5.82 Å². The predicted molar refractivity (Wildman–Crippen MR) is 132 cm³/mol. The minimum atomic E-state index is -0.183. The number of allylic oxidation sites excluding steroid dienone is 2. The van der Waals surface area contributed by atoms with Crippen LogP contribution >= 0.6 is 0 Å². The minimum absolute atomic E-state index is 0.183. The van der Waals surface area contributed by atoms with Gasteiger partial charge in [-0.3, -0.25) is 0 Å². The van der Waals surface area contributed by atoms with Crippen molar-refractivity contribution in [3.63, 3.8) is 0 Å². The van der Waals surface area contributed by atoms with Crippen LogP contribution in [-0.4, -0.2) is 6.61 Å². The molecule has 3 aromatic carbocycles. The van der Waals surface area contributed by atoms with Crippen molar-refractivity contribution < 1.29 is 9.13 Å². The fraction of sp³-hybridized carbons (Fsp3) is 0.333. The van der Waals surface area contributed by atoms with Gasteiger partial charge in [-0.1, -0.05) is 87.4 Å². The molecule has 0 fully saturated rings. The molecule has 0 N–H and O–H groups in total. The van der Waals surface area contributed by atoms with Gasteiger partial charge in [0.25, 0.3) is 0 Å². The lowest BCUT2D eigenvalue weighted by molar-refractivity contribution is 0.165. The first-order valence-corrected chi connectivity index (χ1v) is 12.0. The maximum atomic E-state index is 14.9. The molecule has 0 saturated carbocycles. The Labute approximate surface area is 192 Å². The third-order valence-corrected chi connectivity index (χ3v) is 6.48. The summed E-state index contributed by atoms with van der Waals surface area (Å²) in [7, 11) is 0. The highest BCUT2D eigenvalue weighted by Gasteiger charge is 2.17. The maximum absolute atomic E-state index is 14.9. The summed E-state index contributed by atoms with van der Waals surface area (Å²) in [5.41, 5.74) is 6.05. The number of unbranched alkanes of at least 4 members (excludes halogenated alkanes) is 2. The molecule has 1 heterocycles. The summed E-state index contributed by atoms with van der Waals surface area (Å²) in [5.74, 6) is 1.37. The molecule has 166 valence electrons. The van der Waals surface area contributed by atoms with Crippen LogP contribution in [0.1, 0.15) is 63.0 Å². The fourth-order valence-corrected chi connectivity index (χ4v) is 4.36. The lowest BCUT2D eigenvalue weighted by Crippen LogP contribution is -2.12. The van der Waals surface area contributed by atoms with E-state index in [1.807, 2.05) is 24.3 Å². The van der Waals surface area contributed by atoms with Gasteiger partial charge in [-0.15, -0.1) is 0 Å². The average Bonchev–Trinajstić information content (AvgIpc) is 2.85. The Balaban J connectivity index is 1.43. The zero-order valence-electron chi connectivity index (χ0n) is 19.2. The van der Waals surface area contributed by atoms with Gasteiger partial charge in [0.15, 0.2) is 0 Å². The molecular formula is C30H33FO. The van der Waals surface area contributed by atoms with E-state index in [2.05, 4.69) is 56.3 Å². The Hall–Kier alpha value is -2.87. The molecule has 2 heteroatoms. The highest BCUT2D eigenvalue weighted by molar-refractivity contribution is 5.71. The molecule has 3 aromatic rings. The summed E-state index contributed by atoms with van der Waals surface area (Å²) in [6, 6.07) is 22.2. The van der Waals surface area contributed by atoms with Crippen LogP contribution in [0.25, 0.3) is 22.3 Å². The van der Waals surface area contributed by atoms with Crippen LogP contribution in [0, 0.1) is 5.82 Å². The summed E-state index contributed by atoms with van der Waals surface area (Å²) in [4.78, 5) is 0. The highest BCUT2D eigenvalue weighted by Crippen LogP contribution is 2.32. The summed E-state index contributed by atoms with van der Waals surface area (Å²) in [6.07, 6.45) is 9.05. The van der Waals surface area contributed by atoms with Gasteiger partial charge in [0.2, 0.25) is 0 Å². The number of halogens is 1. The first-order valence-electron chi connectivity index (χ1n) is 12.0. The zero-order valence-corrected chi connectivity index (χ0v) is 19.2. The van der Waals surface area contributed by atoms with E-state index >= 15 is 0 Å². The van der Waals surface area contributed by atoms with Crippen molar-refractivity contribution in [3.8, 4) is 22.3 Å². The molecule has 1 aliphatic heterocycles. The SMILES string of the molecule is CCCCCC1=CCC(c2ccc(-c3ccc(-c4ccc(CC)cc4)c(F)c3)cc2)CO1. The van der Waals surface area contributed by atoms with Crippen molar-refractivity contribution in [3.05, 3.63) is 95.5 Å². The Morgan fingerprint density at radius 1 is 0.844 bits per heavy atom. The third kappa shape index (κ3) is 5.30. The second-order valence-electron chi connectivity index (χ2n) is 8.74. The lowest BCUT2D eigenvalue weighted by atomic mass is 9.92. The van der Waals surface area contributed by atoms with Gasteiger partial charge in [-0.25, -0.2) is 4.39 Å². The molecule has 0 bridgehead atoms. The molecular weight excluding hydrogens is 395 g/mol. The van der Waals surface area contributed by atoms with Crippen LogP contribution in [0.5, 0.6) is 0 Å². The molecule has 1 atom stereocenters. The molecule has 4 rings (SSSR count). The highest BCUT2D eigenvalue weighted by atomic mass is 19.1. The van der Waals surface area contributed by atoms with Crippen LogP contribution in [-0.2, 0) is 11.2 Å². The average molecular weight is 429 g/mol. The predicted octanol–water partition coefficient (Wildman–Crippen LogP) is 8.69. The van der Waals surface area contributed by atoms with E-state index in [0.717, 1.165) is 48.3 Å². The van der Waals surface area contributed by atoms with Crippen LogP contribution < -0.4 is 0 Å². The first kappa shape index (κ1) is 22.3. The molecule has 32 heavy (non-hydrogen) atoms. The van der Waals surface area contributed by atoms with E-state index in [9.17, 15) is 4.39 Å². The maximum Gasteiger partial charge on any atom is 0.131 e. The monoisotopic (exact) mass is 428 g/mol. The largest absolute Gasteiger partial charge is 0.498 e. The molecule has 1 nitrogen and oxygen atoms in total. The number of hydrogen-bond acceptors (Lipinski definition) is 1. The topological polar surface area (TPSA) is 9.23 Å². The molecule has 0 amide bonds. The second kappa shape index (κ2) is 10.6. The summed E-state index contributed by atoms with van der Waals surface area (Å²) in [6.45, 7) is 5.10. The van der Waals surface area contributed by atoms with E-state index in [0.29, 0.717) is 11.5 Å². The quantitative estimate of drug-likeness (QED) is 0.326. The van der Waals surface area contributed by atoms with Gasteiger partial charge in [-0.05, 0) is 59.2 Å². The van der Waals surface area contributed by atoms with E-state index in [1.54, 1.807) is 6.07 Å². The molecule has 0 radical (unpaired) electrons. The molecule has 0 saturated heterocycles. The van der Waals surface area contributed by atoms with Gasteiger partial charge in [0.05, 0.1) is 12.4 Å². The van der Waals surface area contributed by atoms with Crippen molar-refractivity contribution >= 4 is 0 Å². The van der Waals surface area contributed by atoms with Crippen molar-refractivity contribution in [1.29, 1.82) is 0 Å². The van der Waals surface area contributed by atoms with Crippen molar-refractivity contribution in [2.75, 3.05) is 6.61 Å². The van der Waals surface area contributed by atoms with Crippen molar-refractivity contribution in [2.24, 2.45) is 0 Å². The number of aryl methyl sites for hydroxylation is 1. The van der Waals surface area contributed by atoms with E-state index in [1.165, 1.54) is 30.4 Å². The third-order valence-electron chi connectivity index (χ3n) is 6.48. The van der Waals surface area contributed by atoms with E-state index < -0.39 is 0 Å². The normalized spacial score (nSPS) is 15.8. The lowest BCUT2D eigenvalue weighted by Gasteiger charge is -2.23. The number of rotatable bonds is 8. The Morgan fingerprint density at radius 3 is 2.19 bits per heavy atom. The number of ether oxygens (including phenoxy) is 1. The molecule has 0 aromatic heterocycles. The Kier molecular flexibility index (Phi) is 7.42. The van der Waals surface area contributed by atoms with Crippen LogP contribution in [0.4, 0.5) is 4.39 Å². The first-order chi connectivity index (χ1) is 15.7. The summed E-state index contributed by atoms with van der Waals surface area (Å²) < 4.78 is 20.9. The van der Waals surface area contributed by atoms with Crippen LogP contribution in [0.2, 0.25) is 0 Å². The summed E-state index contributed by atoms with van der Waals surface area (Å²) >= 11 is 0. The van der Waals surface area contributed by atoms with Gasteiger partial charge in [-0.2, -0.15) is 0 Å². The van der Waals surface area contributed by atoms with Crippen LogP contribution in [0.3, 0.4) is 0 Å². The minimum Gasteiger partial charge on any atom is -0.498 e. The fourth-order valence-electron chi connectivity index (χ4n) is 4.36. The molecule has 1 aliphatic rings. The standard InChI is InChI=1S/C30H33FO/c1-3-5-6-7-28-18-16-27(21-32-28)24-14-12-23(13-15-24)26-17-19-29(30(31)20-26)25-10-8-22(4-2)9-11-25/h8-15,17-20,27H,3-7,16,21H2,1-2H3. The second-order valence-corrected chi connectivity index (χ2v) is 8.74. The van der Waals surface area contributed by atoms with Crippen molar-refractivity contribution in [1.82, 2.24) is 0 Å². The Bertz CT molecular complexity index is 1050. The Morgan fingerprint density at radius 2 is 1.56 bits per heavy atom. The van der Waals surface area contributed by atoms with Gasteiger partial charge >= 0.3 is 0 Å². The van der Waals surface area contributed by atoms with Gasteiger partial charge in [0.1, 0.15) is 5.82 Å². The number of benzene rings is 3. The summed E-state index contributed by atoms with van der Waals surface area (Å²) in [5, 5.41) is 0. The van der Waals surface area contributed by atoms with Gasteiger partial charge in [0, 0.05) is 17.9 Å². The molecule has 1 unspecified atom stereocenters.